The number of carbonyl (C=O) groups is 5. The van der Waals surface area contributed by atoms with E-state index in [4.69, 9.17) is 9.84 Å². The number of carboxylic acid groups (broad SMARTS) is 1. The molecule has 202 valence electrons. The van der Waals surface area contributed by atoms with Crippen LogP contribution < -0.4 is 16.0 Å². The summed E-state index contributed by atoms with van der Waals surface area (Å²) in [7, 11) is 0. The van der Waals surface area contributed by atoms with Crippen molar-refractivity contribution in [3.05, 3.63) is 77.0 Å². The maximum absolute atomic E-state index is 13.1. The topological polar surface area (TPSA) is 170 Å². The van der Waals surface area contributed by atoms with Crippen molar-refractivity contribution in [2.45, 2.75) is 19.4 Å². The van der Waals surface area contributed by atoms with E-state index < -0.39 is 37.0 Å². The standard InChI is InChI=1S/C26H26N6O7/c33-21(34)11-14-31(26(38)39-16-18-5-2-1-3-6-18)32-23(36)20(29-25(32)37)15-17-7-9-19(10-8-17)22(35)30-24-27-12-4-13-28-24/h1-3,5-10,15H,4,11-14,16H2,(H,29,37)(H,33,34)(H2,27,28,30,35)/b20-15+. The fraction of sp³-hybridized carbons (Fsp3) is 0.231. The van der Waals surface area contributed by atoms with Crippen molar-refractivity contribution in [3.8, 4) is 0 Å². The summed E-state index contributed by atoms with van der Waals surface area (Å²) < 4.78 is 5.23. The quantitative estimate of drug-likeness (QED) is 0.293. The van der Waals surface area contributed by atoms with Crippen molar-refractivity contribution in [3.63, 3.8) is 0 Å². The molecule has 2 aliphatic rings. The molecule has 0 spiro atoms. The summed E-state index contributed by atoms with van der Waals surface area (Å²) in [6.07, 6.45) is 0.681. The van der Waals surface area contributed by atoms with Crippen molar-refractivity contribution < 1.29 is 33.8 Å². The van der Waals surface area contributed by atoms with Crippen LogP contribution >= 0.6 is 0 Å². The minimum atomic E-state index is -1.23. The first-order valence-electron chi connectivity index (χ1n) is 12.1. The lowest BCUT2D eigenvalue weighted by Gasteiger charge is -2.27. The Balaban J connectivity index is 1.45. The second kappa shape index (κ2) is 12.4. The third kappa shape index (κ3) is 6.97. The van der Waals surface area contributed by atoms with Crippen molar-refractivity contribution in [1.29, 1.82) is 0 Å². The van der Waals surface area contributed by atoms with Crippen LogP contribution in [0.5, 0.6) is 0 Å². The number of imide groups is 1. The third-order valence-corrected chi connectivity index (χ3v) is 5.66. The van der Waals surface area contributed by atoms with Gasteiger partial charge in [0.05, 0.1) is 13.0 Å². The second-order valence-electron chi connectivity index (χ2n) is 8.50. The number of hydrazine groups is 1. The smallest absolute Gasteiger partial charge is 0.429 e. The molecule has 0 atom stereocenters. The van der Waals surface area contributed by atoms with Gasteiger partial charge in [0.25, 0.3) is 11.8 Å². The number of carboxylic acids is 1. The predicted octanol–water partition coefficient (Wildman–Crippen LogP) is 1.69. The Morgan fingerprint density at radius 2 is 1.85 bits per heavy atom. The molecule has 0 aliphatic carbocycles. The van der Waals surface area contributed by atoms with Gasteiger partial charge < -0.3 is 20.5 Å². The molecule has 1 fully saturated rings. The summed E-state index contributed by atoms with van der Waals surface area (Å²) in [6.45, 7) is 0.740. The lowest BCUT2D eigenvalue weighted by Crippen LogP contribution is -2.51. The zero-order valence-corrected chi connectivity index (χ0v) is 20.8. The number of rotatable bonds is 8. The maximum Gasteiger partial charge on any atom is 0.429 e. The minimum absolute atomic E-state index is 0.140. The number of guanidine groups is 1. The van der Waals surface area contributed by atoms with E-state index in [0.29, 0.717) is 39.2 Å². The molecule has 2 aromatic rings. The van der Waals surface area contributed by atoms with Gasteiger partial charge in [-0.05, 0) is 35.8 Å². The number of hydrogen-bond donors (Lipinski definition) is 4. The number of carbonyl (C=O) groups excluding carboxylic acids is 4. The number of aliphatic imine (C=N–C) groups is 1. The van der Waals surface area contributed by atoms with Crippen molar-refractivity contribution in [2.24, 2.45) is 4.99 Å². The number of nitrogens with one attached hydrogen (secondary N) is 3. The molecule has 5 amide bonds. The Bertz CT molecular complexity index is 1320. The van der Waals surface area contributed by atoms with Crippen LogP contribution in [0.2, 0.25) is 0 Å². The number of ether oxygens (including phenoxy) is 1. The molecule has 1 saturated heterocycles. The predicted molar refractivity (Wildman–Crippen MR) is 138 cm³/mol. The van der Waals surface area contributed by atoms with Crippen LogP contribution in [0.1, 0.15) is 34.3 Å². The number of benzene rings is 2. The second-order valence-corrected chi connectivity index (χ2v) is 8.50. The van der Waals surface area contributed by atoms with E-state index in [1.165, 1.54) is 6.08 Å². The zero-order valence-electron chi connectivity index (χ0n) is 20.8. The molecule has 0 aromatic heterocycles. The van der Waals surface area contributed by atoms with Gasteiger partial charge >= 0.3 is 18.1 Å². The summed E-state index contributed by atoms with van der Waals surface area (Å²) >= 11 is 0. The number of aliphatic carboxylic acids is 1. The van der Waals surface area contributed by atoms with Crippen LogP contribution in [0.4, 0.5) is 9.59 Å². The maximum atomic E-state index is 13.1. The molecule has 39 heavy (non-hydrogen) atoms. The molecular weight excluding hydrogens is 508 g/mol. The molecule has 0 saturated carbocycles. The lowest BCUT2D eigenvalue weighted by molar-refractivity contribution is -0.140. The first-order chi connectivity index (χ1) is 18.8. The van der Waals surface area contributed by atoms with Gasteiger partial charge in [0.15, 0.2) is 5.96 Å². The number of urea groups is 1. The summed E-state index contributed by atoms with van der Waals surface area (Å²) in [5, 5.41) is 18.3. The van der Waals surface area contributed by atoms with Gasteiger partial charge in [0.1, 0.15) is 12.3 Å². The Morgan fingerprint density at radius 1 is 1.10 bits per heavy atom. The molecule has 2 aliphatic heterocycles. The van der Waals surface area contributed by atoms with Crippen LogP contribution in [-0.2, 0) is 20.9 Å². The molecule has 0 unspecified atom stereocenters. The van der Waals surface area contributed by atoms with Crippen molar-refractivity contribution >= 4 is 41.9 Å². The highest BCUT2D eigenvalue weighted by Crippen LogP contribution is 2.18. The third-order valence-electron chi connectivity index (χ3n) is 5.66. The monoisotopic (exact) mass is 534 g/mol. The minimum Gasteiger partial charge on any atom is -0.481 e. The van der Waals surface area contributed by atoms with E-state index in [0.717, 1.165) is 13.0 Å². The van der Waals surface area contributed by atoms with Gasteiger partial charge in [0.2, 0.25) is 0 Å². The average molecular weight is 535 g/mol. The van der Waals surface area contributed by atoms with Crippen LogP contribution in [0, 0.1) is 0 Å². The Labute approximate surface area is 223 Å². The van der Waals surface area contributed by atoms with E-state index in [9.17, 15) is 24.0 Å². The Hall–Kier alpha value is -5.20. The average Bonchev–Trinajstić information content (AvgIpc) is 3.21. The number of amides is 5. The van der Waals surface area contributed by atoms with Gasteiger partial charge in [-0.1, -0.05) is 42.5 Å². The van der Waals surface area contributed by atoms with E-state index in [2.05, 4.69) is 20.9 Å². The van der Waals surface area contributed by atoms with E-state index in [1.54, 1.807) is 54.6 Å². The van der Waals surface area contributed by atoms with Crippen LogP contribution in [0.15, 0.2) is 65.3 Å². The van der Waals surface area contributed by atoms with Gasteiger partial charge in [-0.3, -0.25) is 24.7 Å². The van der Waals surface area contributed by atoms with Crippen LogP contribution in [0.3, 0.4) is 0 Å². The SMILES string of the molecule is O=C(O)CCN(C(=O)OCc1ccccc1)N1C(=O)N/C(=C/c2ccc(C(=O)NC3=NCCCN3)cc2)C1=O. The van der Waals surface area contributed by atoms with E-state index >= 15 is 0 Å². The fourth-order valence-corrected chi connectivity index (χ4v) is 3.71. The lowest BCUT2D eigenvalue weighted by atomic mass is 10.1. The summed E-state index contributed by atoms with van der Waals surface area (Å²) in [5.41, 5.74) is 1.38. The van der Waals surface area contributed by atoms with E-state index in [1.807, 2.05) is 0 Å². The first-order valence-corrected chi connectivity index (χ1v) is 12.1. The Kier molecular flexibility index (Phi) is 8.51. The number of hydrogen-bond acceptors (Lipinski definition) is 8. The number of nitrogens with zero attached hydrogens (tertiary/aromatic N) is 3. The van der Waals surface area contributed by atoms with Gasteiger partial charge in [0, 0.05) is 18.7 Å². The fourth-order valence-electron chi connectivity index (χ4n) is 3.71. The van der Waals surface area contributed by atoms with Gasteiger partial charge in [-0.15, -0.1) is 0 Å². The van der Waals surface area contributed by atoms with Crippen LogP contribution in [-0.4, -0.2) is 70.6 Å². The summed E-state index contributed by atoms with van der Waals surface area (Å²) in [6, 6.07) is 14.0. The molecule has 4 rings (SSSR count). The molecule has 13 heteroatoms. The molecular formula is C26H26N6O7. The molecule has 2 heterocycles. The molecule has 0 bridgehead atoms. The highest BCUT2D eigenvalue weighted by Gasteiger charge is 2.41. The summed E-state index contributed by atoms with van der Waals surface area (Å²) in [4.78, 5) is 66.3. The van der Waals surface area contributed by atoms with Crippen molar-refractivity contribution in [1.82, 2.24) is 26.0 Å². The van der Waals surface area contributed by atoms with E-state index in [-0.39, 0.29) is 18.2 Å². The van der Waals surface area contributed by atoms with Gasteiger partial charge in [-0.25, -0.2) is 14.6 Å². The summed E-state index contributed by atoms with van der Waals surface area (Å²) in [5.74, 6) is -2.05. The Morgan fingerprint density at radius 3 is 2.51 bits per heavy atom. The highest BCUT2D eigenvalue weighted by molar-refractivity contribution is 6.14. The van der Waals surface area contributed by atoms with Crippen molar-refractivity contribution in [2.75, 3.05) is 19.6 Å². The molecule has 2 aromatic carbocycles. The first kappa shape index (κ1) is 26.9. The highest BCUT2D eigenvalue weighted by atomic mass is 16.6. The zero-order chi connectivity index (χ0) is 27.8. The molecule has 4 N–H and O–H groups in total. The molecule has 13 nitrogen and oxygen atoms in total. The molecule has 0 radical (unpaired) electrons. The van der Waals surface area contributed by atoms with Gasteiger partial charge in [-0.2, -0.15) is 5.01 Å². The van der Waals surface area contributed by atoms with Crippen LogP contribution in [0.25, 0.3) is 6.08 Å². The largest absolute Gasteiger partial charge is 0.481 e. The normalized spacial score (nSPS) is 15.7.